The molecule has 5 heteroatoms. The van der Waals surface area contributed by atoms with Crippen LogP contribution in [0.15, 0.2) is 0 Å². The molecule has 4 nitrogen and oxygen atoms in total. The molecule has 124 valence electrons. The second kappa shape index (κ2) is 8.23. The lowest BCUT2D eigenvalue weighted by Crippen LogP contribution is -2.40. The SMILES string of the molecule is CC(C)(C)OC(=O)N1CCC[C@@H]1CCC1CCNCC1.Cl. The maximum Gasteiger partial charge on any atom is 0.410 e. The summed E-state index contributed by atoms with van der Waals surface area (Å²) in [6.07, 6.45) is 7.12. The molecule has 0 spiro atoms. The number of halogens is 1. The Balaban J connectivity index is 0.00000220. The number of ether oxygens (including phenoxy) is 1. The standard InChI is InChI=1S/C16H30N2O2.ClH/c1-16(2,3)20-15(19)18-12-4-5-14(18)7-6-13-8-10-17-11-9-13;/h13-14,17H,4-12H2,1-3H3;1H/t14-;/m1./s1. The first kappa shape index (κ1) is 18.6. The molecule has 0 unspecified atom stereocenters. The van der Waals surface area contributed by atoms with Gasteiger partial charge in [0.05, 0.1) is 0 Å². The van der Waals surface area contributed by atoms with Crippen LogP contribution in [0.4, 0.5) is 4.79 Å². The highest BCUT2D eigenvalue weighted by Crippen LogP contribution is 2.27. The smallest absolute Gasteiger partial charge is 0.410 e. The summed E-state index contributed by atoms with van der Waals surface area (Å²) in [5.74, 6) is 0.845. The van der Waals surface area contributed by atoms with Crippen molar-refractivity contribution in [1.82, 2.24) is 10.2 Å². The van der Waals surface area contributed by atoms with Crippen molar-refractivity contribution in [2.24, 2.45) is 5.92 Å². The van der Waals surface area contributed by atoms with E-state index < -0.39 is 0 Å². The van der Waals surface area contributed by atoms with E-state index in [1.165, 1.54) is 19.3 Å². The van der Waals surface area contributed by atoms with Gasteiger partial charge >= 0.3 is 6.09 Å². The second-order valence-electron chi connectivity index (χ2n) is 7.24. The minimum atomic E-state index is -0.390. The molecule has 0 aromatic carbocycles. The summed E-state index contributed by atoms with van der Waals surface area (Å²) in [5, 5.41) is 3.41. The van der Waals surface area contributed by atoms with E-state index in [-0.39, 0.29) is 24.1 Å². The van der Waals surface area contributed by atoms with Crippen molar-refractivity contribution in [2.45, 2.75) is 70.9 Å². The zero-order valence-electron chi connectivity index (χ0n) is 13.7. The van der Waals surface area contributed by atoms with Crippen molar-refractivity contribution in [2.75, 3.05) is 19.6 Å². The monoisotopic (exact) mass is 318 g/mol. The summed E-state index contributed by atoms with van der Waals surface area (Å²) in [6, 6.07) is 0.403. The van der Waals surface area contributed by atoms with Crippen molar-refractivity contribution in [3.05, 3.63) is 0 Å². The third-order valence-electron chi connectivity index (χ3n) is 4.37. The molecule has 0 radical (unpaired) electrons. The highest BCUT2D eigenvalue weighted by Gasteiger charge is 2.32. The average molecular weight is 319 g/mol. The predicted molar refractivity (Wildman–Crippen MR) is 88.0 cm³/mol. The summed E-state index contributed by atoms with van der Waals surface area (Å²) in [6.45, 7) is 8.99. The second-order valence-corrected chi connectivity index (χ2v) is 7.24. The number of nitrogens with zero attached hydrogens (tertiary/aromatic N) is 1. The Bertz CT molecular complexity index is 325. The zero-order chi connectivity index (χ0) is 14.6. The summed E-state index contributed by atoms with van der Waals surface area (Å²) >= 11 is 0. The van der Waals surface area contributed by atoms with Gasteiger partial charge in [-0.05, 0) is 78.3 Å². The fourth-order valence-electron chi connectivity index (χ4n) is 3.30. The van der Waals surface area contributed by atoms with Crippen molar-refractivity contribution in [3.8, 4) is 0 Å². The number of hydrogen-bond acceptors (Lipinski definition) is 3. The normalized spacial score (nSPS) is 23.8. The van der Waals surface area contributed by atoms with Gasteiger partial charge in [0.2, 0.25) is 0 Å². The van der Waals surface area contributed by atoms with Crippen LogP contribution in [0.1, 0.15) is 59.3 Å². The van der Waals surface area contributed by atoms with Crippen LogP contribution in [0.2, 0.25) is 0 Å². The molecule has 1 atom stereocenters. The van der Waals surface area contributed by atoms with Gasteiger partial charge < -0.3 is 15.0 Å². The molecule has 2 fully saturated rings. The summed E-state index contributed by atoms with van der Waals surface area (Å²) in [7, 11) is 0. The first-order chi connectivity index (χ1) is 9.46. The van der Waals surface area contributed by atoms with Gasteiger partial charge in [-0.3, -0.25) is 0 Å². The molecule has 0 aliphatic carbocycles. The molecule has 2 aliphatic heterocycles. The Kier molecular flexibility index (Phi) is 7.28. The number of nitrogens with one attached hydrogen (secondary N) is 1. The van der Waals surface area contributed by atoms with E-state index >= 15 is 0 Å². The molecular weight excluding hydrogens is 288 g/mol. The summed E-state index contributed by atoms with van der Waals surface area (Å²) < 4.78 is 5.52. The van der Waals surface area contributed by atoms with E-state index in [9.17, 15) is 4.79 Å². The number of carbonyl (C=O) groups excluding carboxylic acids is 1. The Morgan fingerprint density at radius 1 is 1.19 bits per heavy atom. The third kappa shape index (κ3) is 6.03. The van der Waals surface area contributed by atoms with Gasteiger partial charge in [-0.15, -0.1) is 12.4 Å². The first-order valence-corrected chi connectivity index (χ1v) is 8.16. The fraction of sp³-hybridized carbons (Fsp3) is 0.938. The molecule has 2 rings (SSSR count). The Hall–Kier alpha value is -0.480. The largest absolute Gasteiger partial charge is 0.444 e. The van der Waals surface area contributed by atoms with Gasteiger partial charge in [0, 0.05) is 12.6 Å². The molecule has 21 heavy (non-hydrogen) atoms. The summed E-state index contributed by atoms with van der Waals surface area (Å²) in [5.41, 5.74) is -0.390. The van der Waals surface area contributed by atoms with Gasteiger partial charge in [-0.2, -0.15) is 0 Å². The number of carbonyl (C=O) groups is 1. The molecule has 1 amide bonds. The lowest BCUT2D eigenvalue weighted by Gasteiger charge is -2.30. The van der Waals surface area contributed by atoms with Crippen molar-refractivity contribution in [3.63, 3.8) is 0 Å². The molecule has 0 aromatic rings. The van der Waals surface area contributed by atoms with E-state index in [0.717, 1.165) is 44.8 Å². The van der Waals surface area contributed by atoms with Crippen molar-refractivity contribution in [1.29, 1.82) is 0 Å². The lowest BCUT2D eigenvalue weighted by molar-refractivity contribution is 0.0215. The number of likely N-dealkylation sites (tertiary alicyclic amines) is 1. The van der Waals surface area contributed by atoms with E-state index in [2.05, 4.69) is 5.32 Å². The van der Waals surface area contributed by atoms with Crippen LogP contribution in [0.3, 0.4) is 0 Å². The van der Waals surface area contributed by atoms with Gasteiger partial charge in [0.1, 0.15) is 5.60 Å². The maximum atomic E-state index is 12.2. The molecular formula is C16H31ClN2O2. The van der Waals surface area contributed by atoms with E-state index in [0.29, 0.717) is 6.04 Å². The number of rotatable bonds is 3. The number of hydrogen-bond donors (Lipinski definition) is 1. The minimum absolute atomic E-state index is 0. The van der Waals surface area contributed by atoms with Gasteiger partial charge in [0.15, 0.2) is 0 Å². The Morgan fingerprint density at radius 3 is 2.48 bits per heavy atom. The predicted octanol–water partition coefficient (Wildman–Crippen LogP) is 3.59. The number of amides is 1. The summed E-state index contributed by atoms with van der Waals surface area (Å²) in [4.78, 5) is 14.2. The van der Waals surface area contributed by atoms with Gasteiger partial charge in [0.25, 0.3) is 0 Å². The molecule has 0 bridgehead atoms. The van der Waals surface area contributed by atoms with E-state index in [4.69, 9.17) is 4.74 Å². The third-order valence-corrected chi connectivity index (χ3v) is 4.37. The highest BCUT2D eigenvalue weighted by atomic mass is 35.5. The molecule has 0 saturated carbocycles. The van der Waals surface area contributed by atoms with Gasteiger partial charge in [-0.1, -0.05) is 0 Å². The number of piperidine rings is 1. The molecule has 0 aromatic heterocycles. The van der Waals surface area contributed by atoms with Crippen LogP contribution in [-0.2, 0) is 4.74 Å². The van der Waals surface area contributed by atoms with Crippen molar-refractivity contribution >= 4 is 18.5 Å². The quantitative estimate of drug-likeness (QED) is 0.864. The first-order valence-electron chi connectivity index (χ1n) is 8.16. The molecule has 2 heterocycles. The zero-order valence-corrected chi connectivity index (χ0v) is 14.5. The fourth-order valence-corrected chi connectivity index (χ4v) is 3.30. The van der Waals surface area contributed by atoms with E-state index in [1.807, 2.05) is 25.7 Å². The van der Waals surface area contributed by atoms with Crippen LogP contribution in [-0.4, -0.2) is 42.3 Å². The highest BCUT2D eigenvalue weighted by molar-refractivity contribution is 5.85. The van der Waals surface area contributed by atoms with Crippen LogP contribution in [0, 0.1) is 5.92 Å². The van der Waals surface area contributed by atoms with Crippen LogP contribution in [0.25, 0.3) is 0 Å². The van der Waals surface area contributed by atoms with Crippen LogP contribution >= 0.6 is 12.4 Å². The Labute approximate surface area is 135 Å². The molecule has 1 N–H and O–H groups in total. The topological polar surface area (TPSA) is 41.6 Å². The van der Waals surface area contributed by atoms with E-state index in [1.54, 1.807) is 0 Å². The Morgan fingerprint density at radius 2 is 1.86 bits per heavy atom. The molecule has 2 aliphatic rings. The van der Waals surface area contributed by atoms with Crippen molar-refractivity contribution < 1.29 is 9.53 Å². The lowest BCUT2D eigenvalue weighted by atomic mass is 9.91. The van der Waals surface area contributed by atoms with Crippen LogP contribution < -0.4 is 5.32 Å². The van der Waals surface area contributed by atoms with Crippen LogP contribution in [0.5, 0.6) is 0 Å². The van der Waals surface area contributed by atoms with Gasteiger partial charge in [-0.25, -0.2) is 4.79 Å². The average Bonchev–Trinajstić information content (AvgIpc) is 2.84. The maximum absolute atomic E-state index is 12.2. The molecule has 2 saturated heterocycles. The minimum Gasteiger partial charge on any atom is -0.444 e.